The van der Waals surface area contributed by atoms with E-state index < -0.39 is 0 Å². The third kappa shape index (κ3) is 2.83. The maximum atomic E-state index is 12.7. The van der Waals surface area contributed by atoms with Crippen LogP contribution in [-0.2, 0) is 0 Å². The van der Waals surface area contributed by atoms with Crippen LogP contribution in [0.5, 0.6) is 5.75 Å². The third-order valence-electron chi connectivity index (χ3n) is 3.85. The number of fused-ring (bicyclic) bond motifs is 1. The molecule has 1 aromatic carbocycles. The third-order valence-corrected chi connectivity index (χ3v) is 5.01. The van der Waals surface area contributed by atoms with Crippen LogP contribution in [0.15, 0.2) is 18.2 Å². The van der Waals surface area contributed by atoms with Gasteiger partial charge in [-0.15, -0.1) is 11.3 Å². The van der Waals surface area contributed by atoms with E-state index in [1.54, 1.807) is 7.11 Å². The molecule has 1 heterocycles. The zero-order chi connectivity index (χ0) is 15.6. The smallest absolute Gasteiger partial charge is 0.266 e. The molecular weight excluding hydrogens is 284 g/mol. The Labute approximate surface area is 129 Å². The maximum Gasteiger partial charge on any atom is 0.266 e. The van der Waals surface area contributed by atoms with Crippen LogP contribution in [0.1, 0.15) is 36.9 Å². The minimum atomic E-state index is 0.0181. The van der Waals surface area contributed by atoms with Gasteiger partial charge in [0, 0.05) is 22.7 Å². The van der Waals surface area contributed by atoms with Crippen molar-refractivity contribution in [2.75, 3.05) is 19.4 Å². The number of rotatable bonds is 5. The summed E-state index contributed by atoms with van der Waals surface area (Å²) in [5.74, 6) is 0.793. The van der Waals surface area contributed by atoms with Crippen LogP contribution in [0.4, 0.5) is 5.69 Å². The second-order valence-electron chi connectivity index (χ2n) is 5.06. The van der Waals surface area contributed by atoms with Crippen molar-refractivity contribution in [1.82, 2.24) is 4.90 Å². The summed E-state index contributed by atoms with van der Waals surface area (Å²) in [6.07, 6.45) is 0.929. The largest absolute Gasteiger partial charge is 0.497 e. The van der Waals surface area contributed by atoms with Gasteiger partial charge in [-0.05, 0) is 38.5 Å². The Hall–Kier alpha value is -1.75. The number of amides is 1. The van der Waals surface area contributed by atoms with Crippen molar-refractivity contribution in [2.45, 2.75) is 33.2 Å². The predicted octanol–water partition coefficient (Wildman–Crippen LogP) is 3.75. The van der Waals surface area contributed by atoms with Crippen molar-refractivity contribution in [1.29, 1.82) is 0 Å². The second kappa shape index (κ2) is 6.35. The highest BCUT2D eigenvalue weighted by Crippen LogP contribution is 2.36. The molecule has 5 heteroatoms. The number of carbonyl (C=O) groups is 1. The molecule has 21 heavy (non-hydrogen) atoms. The van der Waals surface area contributed by atoms with Crippen LogP contribution >= 0.6 is 11.3 Å². The summed E-state index contributed by atoms with van der Waals surface area (Å²) in [5, 5.41) is 0.921. The summed E-state index contributed by atoms with van der Waals surface area (Å²) in [7, 11) is 1.63. The van der Waals surface area contributed by atoms with Crippen molar-refractivity contribution in [2.24, 2.45) is 0 Å². The molecule has 1 aromatic heterocycles. The number of carbonyl (C=O) groups excluding carboxylic acids is 1. The molecule has 2 rings (SSSR count). The lowest BCUT2D eigenvalue weighted by molar-refractivity contribution is 0.0706. The number of nitrogen functional groups attached to an aromatic ring is 1. The zero-order valence-corrected chi connectivity index (χ0v) is 13.8. The number of hydrogen-bond donors (Lipinski definition) is 1. The first-order valence-electron chi connectivity index (χ1n) is 7.20. The van der Waals surface area contributed by atoms with Crippen molar-refractivity contribution >= 4 is 33.0 Å². The minimum absolute atomic E-state index is 0.0181. The molecule has 1 amide bonds. The van der Waals surface area contributed by atoms with Gasteiger partial charge in [-0.3, -0.25) is 4.79 Å². The van der Waals surface area contributed by atoms with Crippen LogP contribution in [0, 0.1) is 0 Å². The Morgan fingerprint density at radius 3 is 2.71 bits per heavy atom. The van der Waals surface area contributed by atoms with Gasteiger partial charge >= 0.3 is 0 Å². The van der Waals surface area contributed by atoms with E-state index in [2.05, 4.69) is 13.8 Å². The van der Waals surface area contributed by atoms with Crippen LogP contribution in [0.2, 0.25) is 0 Å². The highest BCUT2D eigenvalue weighted by Gasteiger charge is 2.24. The van der Waals surface area contributed by atoms with E-state index in [4.69, 9.17) is 10.5 Å². The topological polar surface area (TPSA) is 55.6 Å². The lowest BCUT2D eigenvalue weighted by Crippen LogP contribution is -2.37. The normalized spacial score (nSPS) is 12.4. The van der Waals surface area contributed by atoms with E-state index >= 15 is 0 Å². The first-order chi connectivity index (χ1) is 10.0. The summed E-state index contributed by atoms with van der Waals surface area (Å²) in [4.78, 5) is 15.2. The van der Waals surface area contributed by atoms with Crippen LogP contribution in [0.25, 0.3) is 10.1 Å². The van der Waals surface area contributed by atoms with E-state index in [0.29, 0.717) is 17.1 Å². The Balaban J connectivity index is 2.46. The van der Waals surface area contributed by atoms with E-state index in [0.717, 1.165) is 22.3 Å². The van der Waals surface area contributed by atoms with Gasteiger partial charge in [0.2, 0.25) is 0 Å². The number of hydrogen-bond acceptors (Lipinski definition) is 4. The van der Waals surface area contributed by atoms with Gasteiger partial charge in [-0.1, -0.05) is 6.92 Å². The minimum Gasteiger partial charge on any atom is -0.497 e. The molecule has 114 valence electrons. The van der Waals surface area contributed by atoms with Gasteiger partial charge < -0.3 is 15.4 Å². The van der Waals surface area contributed by atoms with Gasteiger partial charge in [-0.25, -0.2) is 0 Å². The van der Waals surface area contributed by atoms with Crippen LogP contribution < -0.4 is 10.5 Å². The lowest BCUT2D eigenvalue weighted by Gasteiger charge is -2.26. The van der Waals surface area contributed by atoms with Crippen molar-refractivity contribution in [3.05, 3.63) is 23.1 Å². The monoisotopic (exact) mass is 306 g/mol. The SMILES string of the molecule is CCC(C)N(CC)C(=O)c1sc2cc(OC)ccc2c1N. The Kier molecular flexibility index (Phi) is 4.73. The van der Waals surface area contributed by atoms with Gasteiger partial charge in [-0.2, -0.15) is 0 Å². The second-order valence-corrected chi connectivity index (χ2v) is 6.11. The summed E-state index contributed by atoms with van der Waals surface area (Å²) in [6, 6.07) is 5.91. The molecule has 0 saturated carbocycles. The van der Waals surface area contributed by atoms with Crippen LogP contribution in [-0.4, -0.2) is 30.5 Å². The van der Waals surface area contributed by atoms with E-state index in [9.17, 15) is 4.79 Å². The summed E-state index contributed by atoms with van der Waals surface area (Å²) in [5.41, 5.74) is 6.76. The molecule has 0 aliphatic carbocycles. The van der Waals surface area contributed by atoms with Crippen molar-refractivity contribution in [3.63, 3.8) is 0 Å². The molecule has 0 saturated heterocycles. The van der Waals surface area contributed by atoms with Gasteiger partial charge in [0.05, 0.1) is 12.8 Å². The van der Waals surface area contributed by atoms with Crippen molar-refractivity contribution in [3.8, 4) is 5.75 Å². The van der Waals surface area contributed by atoms with Gasteiger partial charge in [0.1, 0.15) is 10.6 Å². The molecule has 1 atom stereocenters. The summed E-state index contributed by atoms with van der Waals surface area (Å²) in [6.45, 7) is 6.83. The molecule has 1 unspecified atom stereocenters. The maximum absolute atomic E-state index is 12.7. The highest BCUT2D eigenvalue weighted by molar-refractivity contribution is 7.21. The molecular formula is C16H22N2O2S. The fourth-order valence-corrected chi connectivity index (χ4v) is 3.50. The number of benzene rings is 1. The summed E-state index contributed by atoms with van der Waals surface area (Å²) >= 11 is 1.44. The quantitative estimate of drug-likeness (QED) is 0.915. The van der Waals surface area contributed by atoms with Gasteiger partial charge in [0.25, 0.3) is 5.91 Å². The Bertz CT molecular complexity index is 651. The number of nitrogens with zero attached hydrogens (tertiary/aromatic N) is 1. The predicted molar refractivity (Wildman–Crippen MR) is 89.3 cm³/mol. The molecule has 2 N–H and O–H groups in total. The molecule has 0 radical (unpaired) electrons. The number of nitrogens with two attached hydrogens (primary N) is 1. The van der Waals surface area contributed by atoms with Crippen molar-refractivity contribution < 1.29 is 9.53 Å². The van der Waals surface area contributed by atoms with E-state index in [1.807, 2.05) is 30.0 Å². The standard InChI is InChI=1S/C16H22N2O2S/c1-5-10(3)18(6-2)16(19)15-14(17)12-8-7-11(20-4)9-13(12)21-15/h7-10H,5-6,17H2,1-4H3. The average Bonchev–Trinajstić information content (AvgIpc) is 2.83. The molecule has 2 aromatic rings. The summed E-state index contributed by atoms with van der Waals surface area (Å²) < 4.78 is 6.21. The molecule has 0 aliphatic rings. The number of thiophene rings is 1. The molecule has 4 nitrogen and oxygen atoms in total. The van der Waals surface area contributed by atoms with E-state index in [1.165, 1.54) is 11.3 Å². The number of methoxy groups -OCH3 is 1. The van der Waals surface area contributed by atoms with E-state index in [-0.39, 0.29) is 11.9 Å². The van der Waals surface area contributed by atoms with Gasteiger partial charge in [0.15, 0.2) is 0 Å². The fraction of sp³-hybridized carbons (Fsp3) is 0.438. The van der Waals surface area contributed by atoms with Crippen LogP contribution in [0.3, 0.4) is 0 Å². The first kappa shape index (κ1) is 15.6. The first-order valence-corrected chi connectivity index (χ1v) is 8.02. The zero-order valence-electron chi connectivity index (χ0n) is 13.0. The molecule has 0 spiro atoms. The molecule has 0 fully saturated rings. The highest BCUT2D eigenvalue weighted by atomic mass is 32.1. The molecule has 0 bridgehead atoms. The fourth-order valence-electron chi connectivity index (χ4n) is 2.39. The number of anilines is 1. The Morgan fingerprint density at radius 1 is 1.43 bits per heavy atom. The average molecular weight is 306 g/mol. The number of ether oxygens (including phenoxy) is 1. The Morgan fingerprint density at radius 2 is 2.14 bits per heavy atom. The lowest BCUT2D eigenvalue weighted by atomic mass is 10.2. The molecule has 0 aliphatic heterocycles.